The van der Waals surface area contributed by atoms with E-state index < -0.39 is 0 Å². The SMILES string of the molecule is Cc1cc2nnc(SCc3ccc(F)cc3Cl)n2c(C)n1. The van der Waals surface area contributed by atoms with Gasteiger partial charge in [0.25, 0.3) is 0 Å². The third-order valence-electron chi connectivity index (χ3n) is 3.03. The Kier molecular flexibility index (Phi) is 3.82. The fraction of sp³-hybridized carbons (Fsp3) is 0.214. The monoisotopic (exact) mass is 322 g/mol. The molecule has 0 N–H and O–H groups in total. The maximum absolute atomic E-state index is 13.0. The molecule has 0 saturated carbocycles. The van der Waals surface area contributed by atoms with Gasteiger partial charge < -0.3 is 0 Å². The molecular formula is C14H12ClFN4S. The highest BCUT2D eigenvalue weighted by molar-refractivity contribution is 7.98. The van der Waals surface area contributed by atoms with E-state index in [0.29, 0.717) is 10.8 Å². The Morgan fingerprint density at radius 2 is 2.05 bits per heavy atom. The Hall–Kier alpha value is -1.66. The lowest BCUT2D eigenvalue weighted by atomic mass is 10.2. The minimum Gasteiger partial charge on any atom is -0.258 e. The van der Waals surface area contributed by atoms with Gasteiger partial charge in [0.15, 0.2) is 10.8 Å². The Balaban J connectivity index is 1.89. The minimum atomic E-state index is -0.336. The Morgan fingerprint density at radius 1 is 1.24 bits per heavy atom. The van der Waals surface area contributed by atoms with E-state index in [-0.39, 0.29) is 5.82 Å². The summed E-state index contributed by atoms with van der Waals surface area (Å²) in [5.41, 5.74) is 2.54. The number of nitrogens with zero attached hydrogens (tertiary/aromatic N) is 4. The summed E-state index contributed by atoms with van der Waals surface area (Å²) < 4.78 is 14.9. The molecule has 4 nitrogen and oxygen atoms in total. The molecular weight excluding hydrogens is 311 g/mol. The van der Waals surface area contributed by atoms with E-state index in [1.165, 1.54) is 23.9 Å². The Bertz CT molecular complexity index is 818. The lowest BCUT2D eigenvalue weighted by molar-refractivity contribution is 0.627. The average Bonchev–Trinajstić information content (AvgIpc) is 2.81. The highest BCUT2D eigenvalue weighted by Gasteiger charge is 2.11. The standard InChI is InChI=1S/C14H12ClFN4S/c1-8-5-13-18-19-14(20(13)9(2)17-8)21-7-10-3-4-11(16)6-12(10)15/h3-6H,7H2,1-2H3. The van der Waals surface area contributed by atoms with Gasteiger partial charge in [0.1, 0.15) is 11.6 Å². The first-order chi connectivity index (χ1) is 10.0. The highest BCUT2D eigenvalue weighted by Crippen LogP contribution is 2.27. The van der Waals surface area contributed by atoms with E-state index in [4.69, 9.17) is 11.6 Å². The van der Waals surface area contributed by atoms with Crippen molar-refractivity contribution in [3.8, 4) is 0 Å². The van der Waals surface area contributed by atoms with Gasteiger partial charge in [-0.2, -0.15) is 0 Å². The molecule has 108 valence electrons. The Labute approximate surface area is 130 Å². The van der Waals surface area contributed by atoms with Gasteiger partial charge in [-0.05, 0) is 31.5 Å². The van der Waals surface area contributed by atoms with Crippen molar-refractivity contribution in [1.29, 1.82) is 0 Å². The number of hydrogen-bond donors (Lipinski definition) is 0. The van der Waals surface area contributed by atoms with Crippen LogP contribution in [0, 0.1) is 19.7 Å². The highest BCUT2D eigenvalue weighted by atomic mass is 35.5. The first-order valence-corrected chi connectivity index (χ1v) is 7.67. The molecule has 0 saturated heterocycles. The van der Waals surface area contributed by atoms with E-state index >= 15 is 0 Å². The largest absolute Gasteiger partial charge is 0.258 e. The van der Waals surface area contributed by atoms with Gasteiger partial charge in [0.2, 0.25) is 0 Å². The molecule has 0 bridgehead atoms. The molecule has 0 amide bonds. The fourth-order valence-corrected chi connectivity index (χ4v) is 3.38. The Morgan fingerprint density at radius 3 is 2.81 bits per heavy atom. The number of aryl methyl sites for hydroxylation is 2. The van der Waals surface area contributed by atoms with E-state index in [1.807, 2.05) is 24.3 Å². The summed E-state index contributed by atoms with van der Waals surface area (Å²) in [5, 5.41) is 9.49. The molecule has 0 atom stereocenters. The number of aromatic nitrogens is 4. The van der Waals surface area contributed by atoms with E-state index in [2.05, 4.69) is 15.2 Å². The third kappa shape index (κ3) is 2.87. The topological polar surface area (TPSA) is 43.1 Å². The van der Waals surface area contributed by atoms with Crippen LogP contribution in [-0.4, -0.2) is 19.6 Å². The van der Waals surface area contributed by atoms with Crippen LogP contribution < -0.4 is 0 Å². The van der Waals surface area contributed by atoms with E-state index in [9.17, 15) is 4.39 Å². The second-order valence-corrected chi connectivity index (χ2v) is 6.00. The van der Waals surface area contributed by atoms with Crippen molar-refractivity contribution in [3.05, 3.63) is 52.2 Å². The van der Waals surface area contributed by atoms with Gasteiger partial charge in [-0.3, -0.25) is 4.40 Å². The first kappa shape index (κ1) is 14.3. The summed E-state index contributed by atoms with van der Waals surface area (Å²) in [5.74, 6) is 1.09. The van der Waals surface area contributed by atoms with Crippen LogP contribution in [0.2, 0.25) is 5.02 Å². The first-order valence-electron chi connectivity index (χ1n) is 6.30. The molecule has 0 spiro atoms. The molecule has 2 aromatic heterocycles. The van der Waals surface area contributed by atoms with Gasteiger partial charge in [-0.25, -0.2) is 9.37 Å². The van der Waals surface area contributed by atoms with Crippen LogP contribution in [-0.2, 0) is 5.75 Å². The van der Waals surface area contributed by atoms with Crippen LogP contribution in [0.5, 0.6) is 0 Å². The van der Waals surface area contributed by atoms with Gasteiger partial charge in [0.05, 0.1) is 0 Å². The number of fused-ring (bicyclic) bond motifs is 1. The van der Waals surface area contributed by atoms with Crippen LogP contribution in [0.15, 0.2) is 29.4 Å². The van der Waals surface area contributed by atoms with E-state index in [1.54, 1.807) is 6.07 Å². The number of halogens is 2. The lowest BCUT2D eigenvalue weighted by Crippen LogP contribution is -1.98. The van der Waals surface area contributed by atoms with Crippen LogP contribution in [0.4, 0.5) is 4.39 Å². The average molecular weight is 323 g/mol. The van der Waals surface area contributed by atoms with Crippen molar-refractivity contribution in [2.45, 2.75) is 24.8 Å². The normalized spacial score (nSPS) is 11.2. The van der Waals surface area contributed by atoms with Crippen LogP contribution in [0.25, 0.3) is 5.65 Å². The second-order valence-electron chi connectivity index (χ2n) is 4.65. The molecule has 0 fully saturated rings. The van der Waals surface area contributed by atoms with Crippen LogP contribution in [0.3, 0.4) is 0 Å². The number of hydrogen-bond acceptors (Lipinski definition) is 4. The van der Waals surface area contributed by atoms with Crippen molar-refractivity contribution in [2.24, 2.45) is 0 Å². The predicted molar refractivity (Wildman–Crippen MR) is 81.2 cm³/mol. The fourth-order valence-electron chi connectivity index (χ4n) is 2.08. The zero-order chi connectivity index (χ0) is 15.0. The summed E-state index contributed by atoms with van der Waals surface area (Å²) in [6, 6.07) is 6.29. The smallest absolute Gasteiger partial charge is 0.197 e. The predicted octanol–water partition coefficient (Wildman–Crippen LogP) is 3.83. The van der Waals surface area contributed by atoms with Crippen molar-refractivity contribution in [1.82, 2.24) is 19.6 Å². The number of benzene rings is 1. The molecule has 0 aliphatic heterocycles. The van der Waals surface area contributed by atoms with Crippen LogP contribution in [0.1, 0.15) is 17.1 Å². The van der Waals surface area contributed by atoms with Gasteiger partial charge in [-0.15, -0.1) is 10.2 Å². The molecule has 0 radical (unpaired) electrons. The van der Waals surface area contributed by atoms with Crippen molar-refractivity contribution < 1.29 is 4.39 Å². The third-order valence-corrected chi connectivity index (χ3v) is 4.36. The summed E-state index contributed by atoms with van der Waals surface area (Å²) in [6.07, 6.45) is 0. The van der Waals surface area contributed by atoms with Gasteiger partial charge in [-0.1, -0.05) is 29.4 Å². The molecule has 2 heterocycles. The molecule has 0 aliphatic carbocycles. The zero-order valence-corrected chi connectivity index (χ0v) is 13.0. The second kappa shape index (κ2) is 5.61. The summed E-state index contributed by atoms with van der Waals surface area (Å²) in [6.45, 7) is 3.84. The van der Waals surface area contributed by atoms with Crippen molar-refractivity contribution in [2.75, 3.05) is 0 Å². The quantitative estimate of drug-likeness (QED) is 0.687. The van der Waals surface area contributed by atoms with Gasteiger partial charge >= 0.3 is 0 Å². The molecule has 0 unspecified atom stereocenters. The van der Waals surface area contributed by atoms with Gasteiger partial charge in [0, 0.05) is 22.5 Å². The molecule has 3 aromatic rings. The van der Waals surface area contributed by atoms with Crippen molar-refractivity contribution >= 4 is 29.0 Å². The lowest BCUT2D eigenvalue weighted by Gasteiger charge is -2.05. The molecule has 3 rings (SSSR count). The van der Waals surface area contributed by atoms with Crippen LogP contribution >= 0.6 is 23.4 Å². The zero-order valence-electron chi connectivity index (χ0n) is 11.5. The maximum atomic E-state index is 13.0. The summed E-state index contributed by atoms with van der Waals surface area (Å²) >= 11 is 7.52. The summed E-state index contributed by atoms with van der Waals surface area (Å²) in [4.78, 5) is 4.41. The molecule has 0 aliphatic rings. The number of thioether (sulfide) groups is 1. The maximum Gasteiger partial charge on any atom is 0.197 e. The number of rotatable bonds is 3. The molecule has 7 heteroatoms. The summed E-state index contributed by atoms with van der Waals surface area (Å²) in [7, 11) is 0. The minimum absolute atomic E-state index is 0.336. The molecule has 1 aromatic carbocycles. The van der Waals surface area contributed by atoms with Crippen molar-refractivity contribution in [3.63, 3.8) is 0 Å². The molecule has 21 heavy (non-hydrogen) atoms. The van der Waals surface area contributed by atoms with E-state index in [0.717, 1.165) is 27.9 Å².